The molecule has 1 aromatic carbocycles. The van der Waals surface area contributed by atoms with Crippen molar-refractivity contribution in [2.75, 3.05) is 37.7 Å². The molecule has 1 aliphatic heterocycles. The van der Waals surface area contributed by atoms with Crippen LogP contribution in [-0.2, 0) is 26.9 Å². The number of hydrogen-bond donors (Lipinski definition) is 0. The van der Waals surface area contributed by atoms with E-state index in [0.29, 0.717) is 44.0 Å². The van der Waals surface area contributed by atoms with Crippen LogP contribution in [0.4, 0.5) is 19.0 Å². The van der Waals surface area contributed by atoms with Crippen LogP contribution in [0.5, 0.6) is 0 Å². The minimum absolute atomic E-state index is 0.0640. The number of amides is 1. The maximum atomic E-state index is 12.9. The third-order valence-corrected chi connectivity index (χ3v) is 5.80. The number of piperazine rings is 1. The van der Waals surface area contributed by atoms with Crippen molar-refractivity contribution in [2.45, 2.75) is 46.2 Å². The summed E-state index contributed by atoms with van der Waals surface area (Å²) in [7, 11) is 0. The van der Waals surface area contributed by atoms with E-state index < -0.39 is 11.7 Å². The van der Waals surface area contributed by atoms with Gasteiger partial charge in [-0.15, -0.1) is 0 Å². The normalized spacial score (nSPS) is 14.3. The van der Waals surface area contributed by atoms with Crippen LogP contribution >= 0.6 is 0 Å². The van der Waals surface area contributed by atoms with Gasteiger partial charge in [-0.2, -0.15) is 13.2 Å². The molecule has 184 valence electrons. The van der Waals surface area contributed by atoms with Crippen molar-refractivity contribution in [1.82, 2.24) is 14.9 Å². The number of carbonyl (C=O) groups is 2. The molecular weight excluding hydrogens is 449 g/mol. The minimum Gasteiger partial charge on any atom is -0.466 e. The number of benzene rings is 1. The molecule has 0 saturated carbocycles. The van der Waals surface area contributed by atoms with Crippen LogP contribution in [-0.4, -0.2) is 59.5 Å². The van der Waals surface area contributed by atoms with E-state index in [1.165, 1.54) is 12.1 Å². The zero-order valence-corrected chi connectivity index (χ0v) is 19.6. The fourth-order valence-electron chi connectivity index (χ4n) is 3.96. The van der Waals surface area contributed by atoms with E-state index >= 15 is 0 Å². The van der Waals surface area contributed by atoms with Gasteiger partial charge in [0.1, 0.15) is 5.82 Å². The predicted molar refractivity (Wildman–Crippen MR) is 121 cm³/mol. The van der Waals surface area contributed by atoms with Crippen molar-refractivity contribution >= 4 is 17.7 Å². The summed E-state index contributed by atoms with van der Waals surface area (Å²) in [5.41, 5.74) is 1.53. The van der Waals surface area contributed by atoms with Crippen molar-refractivity contribution in [3.63, 3.8) is 0 Å². The summed E-state index contributed by atoms with van der Waals surface area (Å²) in [5.74, 6) is 0.636. The van der Waals surface area contributed by atoms with E-state index in [1.807, 2.05) is 13.8 Å². The van der Waals surface area contributed by atoms with Gasteiger partial charge < -0.3 is 14.5 Å². The Balaban J connectivity index is 1.74. The molecule has 0 bridgehead atoms. The molecule has 10 heteroatoms. The van der Waals surface area contributed by atoms with Crippen LogP contribution in [0.25, 0.3) is 11.4 Å². The Kier molecular flexibility index (Phi) is 8.11. The molecule has 0 aliphatic carbocycles. The second-order valence-electron chi connectivity index (χ2n) is 8.04. The first-order valence-corrected chi connectivity index (χ1v) is 11.4. The third kappa shape index (κ3) is 6.03. The quantitative estimate of drug-likeness (QED) is 0.560. The number of rotatable bonds is 7. The first-order valence-electron chi connectivity index (χ1n) is 11.4. The summed E-state index contributed by atoms with van der Waals surface area (Å²) in [6.45, 7) is 7.98. The number of aryl methyl sites for hydroxylation is 1. The van der Waals surface area contributed by atoms with Crippen molar-refractivity contribution in [2.24, 2.45) is 0 Å². The Morgan fingerprint density at radius 3 is 2.21 bits per heavy atom. The number of carbonyl (C=O) groups excluding carboxylic acids is 2. The molecule has 0 unspecified atom stereocenters. The van der Waals surface area contributed by atoms with E-state index in [-0.39, 0.29) is 31.3 Å². The van der Waals surface area contributed by atoms with E-state index in [2.05, 4.69) is 9.88 Å². The predicted octanol–water partition coefficient (Wildman–Crippen LogP) is 4.03. The van der Waals surface area contributed by atoms with Crippen molar-refractivity contribution in [1.29, 1.82) is 0 Å². The fraction of sp³-hybridized carbons (Fsp3) is 0.500. The average Bonchev–Trinajstić information content (AvgIpc) is 2.82. The van der Waals surface area contributed by atoms with Gasteiger partial charge in [-0.3, -0.25) is 9.59 Å². The molecule has 0 N–H and O–H groups in total. The molecule has 1 saturated heterocycles. The van der Waals surface area contributed by atoms with Crippen molar-refractivity contribution in [3.05, 3.63) is 41.1 Å². The molecule has 1 fully saturated rings. The molecule has 7 nitrogen and oxygen atoms in total. The zero-order valence-electron chi connectivity index (χ0n) is 19.6. The maximum Gasteiger partial charge on any atom is 0.416 e. The lowest BCUT2D eigenvalue weighted by Crippen LogP contribution is -2.49. The molecule has 1 aromatic heterocycles. The lowest BCUT2D eigenvalue weighted by molar-refractivity contribution is -0.145. The molecule has 3 rings (SSSR count). The Bertz CT molecular complexity index is 1020. The van der Waals surface area contributed by atoms with Crippen LogP contribution in [0.3, 0.4) is 0 Å². The summed E-state index contributed by atoms with van der Waals surface area (Å²) in [6, 6.07) is 4.82. The molecule has 1 aliphatic rings. The second kappa shape index (κ2) is 10.8. The van der Waals surface area contributed by atoms with Crippen LogP contribution in [0.15, 0.2) is 24.3 Å². The zero-order chi connectivity index (χ0) is 24.9. The summed E-state index contributed by atoms with van der Waals surface area (Å²) in [5, 5.41) is 0. The SMILES string of the molecule is CCOC(=O)CCC(=O)N1CCN(c2nc(-c3ccc(C(F)(F)F)cc3)nc(C)c2CC)CC1. The number of alkyl halides is 3. The van der Waals surface area contributed by atoms with E-state index in [0.717, 1.165) is 29.2 Å². The first-order chi connectivity index (χ1) is 16.1. The Hall–Kier alpha value is -3.17. The van der Waals surface area contributed by atoms with E-state index in [4.69, 9.17) is 9.72 Å². The number of halogens is 3. The minimum atomic E-state index is -4.40. The summed E-state index contributed by atoms with van der Waals surface area (Å²) < 4.78 is 43.6. The van der Waals surface area contributed by atoms with Gasteiger partial charge in [0.15, 0.2) is 5.82 Å². The highest BCUT2D eigenvalue weighted by molar-refractivity contribution is 5.81. The van der Waals surface area contributed by atoms with Gasteiger partial charge >= 0.3 is 12.1 Å². The van der Waals surface area contributed by atoms with E-state index in [1.54, 1.807) is 11.8 Å². The van der Waals surface area contributed by atoms with Crippen molar-refractivity contribution in [3.8, 4) is 11.4 Å². The highest BCUT2D eigenvalue weighted by Gasteiger charge is 2.30. The van der Waals surface area contributed by atoms with Gasteiger partial charge in [0.2, 0.25) is 5.91 Å². The van der Waals surface area contributed by atoms with Gasteiger partial charge in [-0.05, 0) is 32.4 Å². The summed E-state index contributed by atoms with van der Waals surface area (Å²) >= 11 is 0. The van der Waals surface area contributed by atoms with Gasteiger partial charge in [-0.1, -0.05) is 19.1 Å². The number of hydrogen-bond acceptors (Lipinski definition) is 6. The monoisotopic (exact) mass is 478 g/mol. The molecule has 2 aromatic rings. The highest BCUT2D eigenvalue weighted by atomic mass is 19.4. The Morgan fingerprint density at radius 2 is 1.65 bits per heavy atom. The Morgan fingerprint density at radius 1 is 1.00 bits per heavy atom. The van der Waals surface area contributed by atoms with E-state index in [9.17, 15) is 22.8 Å². The first kappa shape index (κ1) is 25.5. The topological polar surface area (TPSA) is 75.6 Å². The van der Waals surface area contributed by atoms with Crippen LogP contribution in [0.2, 0.25) is 0 Å². The van der Waals surface area contributed by atoms with Gasteiger partial charge in [0.25, 0.3) is 0 Å². The third-order valence-electron chi connectivity index (χ3n) is 5.80. The fourth-order valence-corrected chi connectivity index (χ4v) is 3.96. The summed E-state index contributed by atoms with van der Waals surface area (Å²) in [4.78, 5) is 37.0. The van der Waals surface area contributed by atoms with Crippen LogP contribution < -0.4 is 4.90 Å². The largest absolute Gasteiger partial charge is 0.466 e. The molecule has 2 heterocycles. The number of anilines is 1. The number of ether oxygens (including phenoxy) is 1. The maximum absolute atomic E-state index is 12.9. The summed E-state index contributed by atoms with van der Waals surface area (Å²) in [6.07, 6.45) is -3.52. The molecule has 1 amide bonds. The average molecular weight is 479 g/mol. The van der Waals surface area contributed by atoms with Crippen molar-refractivity contribution < 1.29 is 27.5 Å². The second-order valence-corrected chi connectivity index (χ2v) is 8.04. The highest BCUT2D eigenvalue weighted by Crippen LogP contribution is 2.31. The number of aromatic nitrogens is 2. The number of nitrogens with zero attached hydrogens (tertiary/aromatic N) is 4. The molecule has 0 spiro atoms. The van der Waals surface area contributed by atoms with Gasteiger partial charge in [0.05, 0.1) is 18.6 Å². The van der Waals surface area contributed by atoms with Crippen LogP contribution in [0.1, 0.15) is 43.5 Å². The lowest BCUT2D eigenvalue weighted by atomic mass is 10.1. The molecule has 0 radical (unpaired) electrons. The lowest BCUT2D eigenvalue weighted by Gasteiger charge is -2.36. The number of esters is 1. The van der Waals surface area contributed by atoms with Gasteiger partial charge in [0, 0.05) is 49.4 Å². The molecule has 0 atom stereocenters. The smallest absolute Gasteiger partial charge is 0.416 e. The molecule has 34 heavy (non-hydrogen) atoms. The Labute approximate surface area is 196 Å². The molecular formula is C24H29F3N4O3. The van der Waals surface area contributed by atoms with Gasteiger partial charge in [-0.25, -0.2) is 9.97 Å². The standard InChI is InChI=1S/C24H29F3N4O3/c1-4-19-16(3)28-22(17-6-8-18(9-7-17)24(25,26)27)29-23(19)31-14-12-30(13-15-31)20(32)10-11-21(33)34-5-2/h6-9H,4-5,10-15H2,1-3H3. The van der Waals surface area contributed by atoms with Crippen LogP contribution in [0, 0.1) is 6.92 Å².